The number of rotatable bonds is 7. The molecule has 0 saturated heterocycles. The summed E-state index contributed by atoms with van der Waals surface area (Å²) in [6.45, 7) is 7.45. The van der Waals surface area contributed by atoms with Crippen molar-refractivity contribution in [3.8, 4) is 0 Å². The summed E-state index contributed by atoms with van der Waals surface area (Å²) in [6, 6.07) is 1.93. The second kappa shape index (κ2) is 6.69. The van der Waals surface area contributed by atoms with Crippen LogP contribution in [0.5, 0.6) is 0 Å². The third-order valence-corrected chi connectivity index (χ3v) is 2.79. The Morgan fingerprint density at radius 1 is 1.38 bits per heavy atom. The predicted molar refractivity (Wildman–Crippen MR) is 66.2 cm³/mol. The molecule has 0 saturated carbocycles. The molecule has 16 heavy (non-hydrogen) atoms. The molecule has 1 heterocycles. The zero-order valence-corrected chi connectivity index (χ0v) is 10.7. The maximum Gasteiger partial charge on any atom is 0.0956 e. The monoisotopic (exact) mass is 224 g/mol. The minimum atomic E-state index is -0.354. The lowest BCUT2D eigenvalue weighted by Crippen LogP contribution is -2.09. The molecule has 0 aliphatic heterocycles. The molecule has 1 aromatic heterocycles. The number of hydrogen-bond donors (Lipinski definition) is 1. The van der Waals surface area contributed by atoms with Gasteiger partial charge in [0.1, 0.15) is 0 Å². The smallest absolute Gasteiger partial charge is 0.0956 e. The normalized spacial score (nSPS) is 13.3. The number of nitrogens with zero attached hydrogens (tertiary/aromatic N) is 2. The maximum absolute atomic E-state index is 10.1. The van der Waals surface area contributed by atoms with Crippen LogP contribution in [-0.2, 0) is 6.54 Å². The van der Waals surface area contributed by atoms with E-state index in [1.54, 1.807) is 6.20 Å². The molecule has 0 bridgehead atoms. The van der Waals surface area contributed by atoms with Crippen LogP contribution < -0.4 is 0 Å². The van der Waals surface area contributed by atoms with E-state index in [-0.39, 0.29) is 6.10 Å². The van der Waals surface area contributed by atoms with Gasteiger partial charge in [-0.2, -0.15) is 5.10 Å². The van der Waals surface area contributed by atoms with Crippen LogP contribution in [0.1, 0.15) is 58.3 Å². The minimum Gasteiger partial charge on any atom is -0.387 e. The number of aromatic nitrogens is 2. The minimum absolute atomic E-state index is 0.354. The molecule has 0 fully saturated rings. The van der Waals surface area contributed by atoms with Crippen molar-refractivity contribution in [3.63, 3.8) is 0 Å². The highest BCUT2D eigenvalue weighted by atomic mass is 16.3. The van der Waals surface area contributed by atoms with Crippen molar-refractivity contribution in [2.45, 2.75) is 59.1 Å². The van der Waals surface area contributed by atoms with Gasteiger partial charge in [-0.15, -0.1) is 0 Å². The quantitative estimate of drug-likeness (QED) is 0.772. The molecule has 1 N–H and O–H groups in total. The molecule has 0 spiro atoms. The molecule has 1 rings (SSSR count). The first-order chi connectivity index (χ1) is 7.65. The van der Waals surface area contributed by atoms with Gasteiger partial charge in [0.2, 0.25) is 0 Å². The van der Waals surface area contributed by atoms with Crippen molar-refractivity contribution in [2.24, 2.45) is 5.92 Å². The fraction of sp³-hybridized carbons (Fsp3) is 0.769. The summed E-state index contributed by atoms with van der Waals surface area (Å²) in [4.78, 5) is 0. The van der Waals surface area contributed by atoms with Crippen LogP contribution in [0.3, 0.4) is 0 Å². The topological polar surface area (TPSA) is 38.0 Å². The number of aryl methyl sites for hydroxylation is 1. The summed E-state index contributed by atoms with van der Waals surface area (Å²) < 4.78 is 1.92. The number of hydrogen-bond acceptors (Lipinski definition) is 2. The molecule has 0 radical (unpaired) electrons. The molecule has 0 aliphatic carbocycles. The molecular weight excluding hydrogens is 200 g/mol. The van der Waals surface area contributed by atoms with Crippen molar-refractivity contribution in [1.82, 2.24) is 9.78 Å². The molecule has 0 aliphatic rings. The molecule has 0 aromatic carbocycles. The lowest BCUT2D eigenvalue weighted by Gasteiger charge is -2.13. The van der Waals surface area contributed by atoms with E-state index in [0.717, 1.165) is 31.5 Å². The van der Waals surface area contributed by atoms with Crippen LogP contribution in [0.15, 0.2) is 12.3 Å². The van der Waals surface area contributed by atoms with Gasteiger partial charge in [-0.1, -0.05) is 33.6 Å². The van der Waals surface area contributed by atoms with Gasteiger partial charge in [-0.25, -0.2) is 0 Å². The van der Waals surface area contributed by atoms with E-state index >= 15 is 0 Å². The first-order valence-corrected chi connectivity index (χ1v) is 6.35. The SMILES string of the molecule is CCCn1nccc1C(O)CCCC(C)C. The Bertz CT molecular complexity index is 294. The Kier molecular flexibility index (Phi) is 5.53. The Hall–Kier alpha value is -0.830. The van der Waals surface area contributed by atoms with Crippen LogP contribution in [0.4, 0.5) is 0 Å². The first-order valence-electron chi connectivity index (χ1n) is 6.35. The third kappa shape index (κ3) is 3.97. The summed E-state index contributed by atoms with van der Waals surface area (Å²) in [5, 5.41) is 14.3. The van der Waals surface area contributed by atoms with E-state index in [4.69, 9.17) is 0 Å². The Labute approximate surface area is 98.5 Å². The molecule has 1 aromatic rings. The molecular formula is C13H24N2O. The lowest BCUT2D eigenvalue weighted by atomic mass is 10.0. The van der Waals surface area contributed by atoms with Crippen molar-refractivity contribution >= 4 is 0 Å². The average Bonchev–Trinajstić information content (AvgIpc) is 2.66. The molecule has 1 atom stereocenters. The fourth-order valence-electron chi connectivity index (χ4n) is 1.89. The summed E-state index contributed by atoms with van der Waals surface area (Å²) in [5.41, 5.74) is 0.964. The second-order valence-corrected chi connectivity index (χ2v) is 4.82. The molecule has 0 amide bonds. The van der Waals surface area contributed by atoms with Crippen LogP contribution in [-0.4, -0.2) is 14.9 Å². The summed E-state index contributed by atoms with van der Waals surface area (Å²) in [7, 11) is 0. The largest absolute Gasteiger partial charge is 0.387 e. The van der Waals surface area contributed by atoms with Gasteiger partial charge in [-0.3, -0.25) is 4.68 Å². The van der Waals surface area contributed by atoms with Crippen LogP contribution in [0.25, 0.3) is 0 Å². The van der Waals surface area contributed by atoms with Crippen LogP contribution >= 0.6 is 0 Å². The highest BCUT2D eigenvalue weighted by molar-refractivity contribution is 5.04. The standard InChI is InChI=1S/C13H24N2O/c1-4-10-15-12(8-9-14-15)13(16)7-5-6-11(2)3/h8-9,11,13,16H,4-7,10H2,1-3H3. The maximum atomic E-state index is 10.1. The van der Waals surface area contributed by atoms with Gasteiger partial charge in [0, 0.05) is 12.7 Å². The lowest BCUT2D eigenvalue weighted by molar-refractivity contribution is 0.151. The van der Waals surface area contributed by atoms with Crippen molar-refractivity contribution in [3.05, 3.63) is 18.0 Å². The van der Waals surface area contributed by atoms with E-state index in [2.05, 4.69) is 25.9 Å². The van der Waals surface area contributed by atoms with Gasteiger partial charge in [0.25, 0.3) is 0 Å². The summed E-state index contributed by atoms with van der Waals surface area (Å²) in [6.07, 6.45) is 5.57. The van der Waals surface area contributed by atoms with Crippen LogP contribution in [0.2, 0.25) is 0 Å². The van der Waals surface area contributed by atoms with Gasteiger partial charge < -0.3 is 5.11 Å². The number of aliphatic hydroxyl groups is 1. The van der Waals surface area contributed by atoms with E-state index < -0.39 is 0 Å². The van der Waals surface area contributed by atoms with Gasteiger partial charge in [0.15, 0.2) is 0 Å². The molecule has 3 heteroatoms. The van der Waals surface area contributed by atoms with Gasteiger partial charge in [0.05, 0.1) is 11.8 Å². The Balaban J connectivity index is 2.45. The summed E-state index contributed by atoms with van der Waals surface area (Å²) in [5.74, 6) is 0.716. The second-order valence-electron chi connectivity index (χ2n) is 4.82. The molecule has 1 unspecified atom stereocenters. The van der Waals surface area contributed by atoms with Crippen LogP contribution in [0, 0.1) is 5.92 Å². The van der Waals surface area contributed by atoms with E-state index in [9.17, 15) is 5.11 Å². The van der Waals surface area contributed by atoms with E-state index in [1.165, 1.54) is 6.42 Å². The zero-order valence-electron chi connectivity index (χ0n) is 10.7. The highest BCUT2D eigenvalue weighted by Crippen LogP contribution is 2.20. The van der Waals surface area contributed by atoms with Crippen molar-refractivity contribution < 1.29 is 5.11 Å². The third-order valence-electron chi connectivity index (χ3n) is 2.79. The zero-order chi connectivity index (χ0) is 12.0. The van der Waals surface area contributed by atoms with E-state index in [0.29, 0.717) is 5.92 Å². The van der Waals surface area contributed by atoms with Gasteiger partial charge in [-0.05, 0) is 24.8 Å². The number of aliphatic hydroxyl groups excluding tert-OH is 1. The van der Waals surface area contributed by atoms with Gasteiger partial charge >= 0.3 is 0 Å². The Morgan fingerprint density at radius 2 is 2.12 bits per heavy atom. The van der Waals surface area contributed by atoms with E-state index in [1.807, 2.05) is 10.7 Å². The first kappa shape index (κ1) is 13.2. The average molecular weight is 224 g/mol. The van der Waals surface area contributed by atoms with Crippen molar-refractivity contribution in [2.75, 3.05) is 0 Å². The van der Waals surface area contributed by atoms with Crippen molar-refractivity contribution in [1.29, 1.82) is 0 Å². The highest BCUT2D eigenvalue weighted by Gasteiger charge is 2.12. The summed E-state index contributed by atoms with van der Waals surface area (Å²) >= 11 is 0. The molecule has 3 nitrogen and oxygen atoms in total. The molecule has 92 valence electrons. The Morgan fingerprint density at radius 3 is 2.75 bits per heavy atom. The fourth-order valence-corrected chi connectivity index (χ4v) is 1.89. The predicted octanol–water partition coefficient (Wildman–Crippen LogP) is 3.15.